The van der Waals surface area contributed by atoms with E-state index in [0.29, 0.717) is 11.0 Å². The van der Waals surface area contributed by atoms with Crippen molar-refractivity contribution in [2.75, 3.05) is 4.72 Å². The van der Waals surface area contributed by atoms with Crippen LogP contribution in [0.5, 0.6) is 0 Å². The van der Waals surface area contributed by atoms with Gasteiger partial charge in [-0.1, -0.05) is 23.2 Å². The zero-order valence-electron chi connectivity index (χ0n) is 13.4. The number of fused-ring (bicyclic) bond motifs is 2. The molecule has 9 heteroatoms. The molecule has 0 amide bonds. The van der Waals surface area contributed by atoms with E-state index in [0.717, 1.165) is 0 Å². The standard InChI is InChI=1S/C18H10Cl2N2O4S/c19-14-5-4-11(9-15(14)20)27(24,25)22-10-3-6-16-13(8-10)17(23)12-2-1-7-21-18(12)26-16/h1-9,22H. The van der Waals surface area contributed by atoms with Crippen molar-refractivity contribution in [3.05, 3.63) is 75.0 Å². The summed E-state index contributed by atoms with van der Waals surface area (Å²) in [5, 5.41) is 0.927. The van der Waals surface area contributed by atoms with Crippen molar-refractivity contribution in [1.82, 2.24) is 4.98 Å². The number of halogens is 2. The van der Waals surface area contributed by atoms with Crippen molar-refractivity contribution >= 4 is 61.0 Å². The van der Waals surface area contributed by atoms with E-state index in [9.17, 15) is 13.2 Å². The van der Waals surface area contributed by atoms with E-state index >= 15 is 0 Å². The lowest BCUT2D eigenvalue weighted by atomic mass is 10.1. The van der Waals surface area contributed by atoms with E-state index in [2.05, 4.69) is 9.71 Å². The highest BCUT2D eigenvalue weighted by Crippen LogP contribution is 2.27. The van der Waals surface area contributed by atoms with Gasteiger partial charge in [-0.3, -0.25) is 9.52 Å². The molecule has 136 valence electrons. The fraction of sp³-hybridized carbons (Fsp3) is 0. The van der Waals surface area contributed by atoms with E-state index < -0.39 is 10.0 Å². The van der Waals surface area contributed by atoms with Gasteiger partial charge < -0.3 is 4.42 Å². The molecule has 0 spiro atoms. The average molecular weight is 421 g/mol. The van der Waals surface area contributed by atoms with Crippen molar-refractivity contribution < 1.29 is 12.8 Å². The number of pyridine rings is 1. The SMILES string of the molecule is O=c1c2cc(NS(=O)(=O)c3ccc(Cl)c(Cl)c3)ccc2oc2ncccc12. The maximum atomic E-state index is 12.6. The molecule has 1 N–H and O–H groups in total. The highest BCUT2D eigenvalue weighted by molar-refractivity contribution is 7.92. The maximum Gasteiger partial charge on any atom is 0.261 e. The van der Waals surface area contributed by atoms with Gasteiger partial charge in [-0.05, 0) is 48.5 Å². The number of benzene rings is 2. The number of nitrogens with zero attached hydrogens (tertiary/aromatic N) is 1. The van der Waals surface area contributed by atoms with E-state index in [-0.39, 0.29) is 37.2 Å². The quantitative estimate of drug-likeness (QED) is 0.494. The normalized spacial score (nSPS) is 11.8. The Bertz CT molecular complexity index is 1370. The number of hydrogen-bond acceptors (Lipinski definition) is 5. The second-order valence-electron chi connectivity index (χ2n) is 5.68. The summed E-state index contributed by atoms with van der Waals surface area (Å²) in [4.78, 5) is 16.6. The van der Waals surface area contributed by atoms with Crippen molar-refractivity contribution in [3.8, 4) is 0 Å². The Labute approximate surface area is 163 Å². The second-order valence-corrected chi connectivity index (χ2v) is 8.18. The molecule has 0 saturated carbocycles. The summed E-state index contributed by atoms with van der Waals surface area (Å²) in [6.07, 6.45) is 1.52. The number of rotatable bonds is 3. The minimum Gasteiger partial charge on any atom is -0.437 e. The molecule has 6 nitrogen and oxygen atoms in total. The van der Waals surface area contributed by atoms with Crippen LogP contribution in [0.15, 0.2) is 68.8 Å². The fourth-order valence-electron chi connectivity index (χ4n) is 2.61. The molecule has 0 atom stereocenters. The van der Waals surface area contributed by atoms with Gasteiger partial charge >= 0.3 is 0 Å². The summed E-state index contributed by atoms with van der Waals surface area (Å²) < 4.78 is 33.2. The van der Waals surface area contributed by atoms with Crippen LogP contribution >= 0.6 is 23.2 Å². The van der Waals surface area contributed by atoms with Gasteiger partial charge in [0.25, 0.3) is 10.0 Å². The smallest absolute Gasteiger partial charge is 0.261 e. The Morgan fingerprint density at radius 2 is 1.78 bits per heavy atom. The molecule has 2 heterocycles. The molecule has 0 fully saturated rings. The first kappa shape index (κ1) is 17.8. The van der Waals surface area contributed by atoms with Gasteiger partial charge in [0.1, 0.15) is 5.58 Å². The third-order valence-electron chi connectivity index (χ3n) is 3.90. The molecule has 0 aliphatic carbocycles. The third kappa shape index (κ3) is 3.25. The van der Waals surface area contributed by atoms with E-state index in [1.165, 1.54) is 42.6 Å². The van der Waals surface area contributed by atoms with E-state index in [4.69, 9.17) is 27.6 Å². The summed E-state index contributed by atoms with van der Waals surface area (Å²) in [6.45, 7) is 0. The van der Waals surface area contributed by atoms with Gasteiger partial charge in [0.05, 0.1) is 25.7 Å². The van der Waals surface area contributed by atoms with Crippen LogP contribution in [0.25, 0.3) is 22.1 Å². The molecule has 4 rings (SSSR count). The van der Waals surface area contributed by atoms with Crippen LogP contribution in [0.4, 0.5) is 5.69 Å². The second kappa shape index (κ2) is 6.53. The molecule has 0 saturated heterocycles. The van der Waals surface area contributed by atoms with Crippen LogP contribution in [-0.4, -0.2) is 13.4 Å². The van der Waals surface area contributed by atoms with Gasteiger partial charge in [-0.15, -0.1) is 0 Å². The van der Waals surface area contributed by atoms with Crippen LogP contribution in [-0.2, 0) is 10.0 Å². The number of sulfonamides is 1. The molecule has 0 unspecified atom stereocenters. The average Bonchev–Trinajstić information content (AvgIpc) is 2.64. The van der Waals surface area contributed by atoms with E-state index in [1.807, 2.05) is 0 Å². The first-order valence-electron chi connectivity index (χ1n) is 7.65. The van der Waals surface area contributed by atoms with Crippen molar-refractivity contribution in [2.45, 2.75) is 4.90 Å². The molecule has 2 aromatic carbocycles. The number of anilines is 1. The predicted molar refractivity (Wildman–Crippen MR) is 105 cm³/mol. The Kier molecular flexibility index (Phi) is 4.30. The van der Waals surface area contributed by atoms with Crippen LogP contribution in [0.2, 0.25) is 10.0 Å². The topological polar surface area (TPSA) is 89.3 Å². The zero-order valence-corrected chi connectivity index (χ0v) is 15.8. The highest BCUT2D eigenvalue weighted by Gasteiger charge is 2.17. The van der Waals surface area contributed by atoms with Crippen LogP contribution in [0.3, 0.4) is 0 Å². The van der Waals surface area contributed by atoms with Crippen molar-refractivity contribution in [1.29, 1.82) is 0 Å². The first-order valence-corrected chi connectivity index (χ1v) is 9.88. The molecule has 2 aromatic heterocycles. The third-order valence-corrected chi connectivity index (χ3v) is 6.02. The summed E-state index contributed by atoms with van der Waals surface area (Å²) in [5.74, 6) is 0. The minimum atomic E-state index is -3.91. The Morgan fingerprint density at radius 1 is 0.963 bits per heavy atom. The molecule has 0 radical (unpaired) electrons. The van der Waals surface area contributed by atoms with Gasteiger partial charge in [-0.2, -0.15) is 0 Å². The van der Waals surface area contributed by atoms with E-state index in [1.54, 1.807) is 12.1 Å². The summed E-state index contributed by atoms with van der Waals surface area (Å²) in [5.41, 5.74) is 0.446. The number of nitrogens with one attached hydrogen (secondary N) is 1. The minimum absolute atomic E-state index is 0.0493. The molecular weight excluding hydrogens is 411 g/mol. The Hall–Kier alpha value is -2.61. The lowest BCUT2D eigenvalue weighted by Crippen LogP contribution is -2.13. The number of aromatic nitrogens is 1. The molecule has 4 aromatic rings. The van der Waals surface area contributed by atoms with Crippen molar-refractivity contribution in [2.24, 2.45) is 0 Å². The lowest BCUT2D eigenvalue weighted by molar-refractivity contribution is 0.601. The largest absolute Gasteiger partial charge is 0.437 e. The van der Waals surface area contributed by atoms with Gasteiger partial charge in [0.15, 0.2) is 0 Å². The summed E-state index contributed by atoms with van der Waals surface area (Å²) in [7, 11) is -3.91. The zero-order chi connectivity index (χ0) is 19.2. The predicted octanol–water partition coefficient (Wildman–Crippen LogP) is 4.45. The maximum absolute atomic E-state index is 12.6. The molecule has 0 aliphatic heterocycles. The summed E-state index contributed by atoms with van der Waals surface area (Å²) >= 11 is 11.7. The Morgan fingerprint density at radius 3 is 2.56 bits per heavy atom. The number of hydrogen-bond donors (Lipinski definition) is 1. The van der Waals surface area contributed by atoms with Gasteiger partial charge in [0, 0.05) is 11.9 Å². The van der Waals surface area contributed by atoms with Crippen LogP contribution in [0.1, 0.15) is 0 Å². The van der Waals surface area contributed by atoms with Gasteiger partial charge in [0.2, 0.25) is 11.1 Å². The Balaban J connectivity index is 1.80. The fourth-order valence-corrected chi connectivity index (χ4v) is 4.05. The molecular formula is C18H10Cl2N2O4S. The lowest BCUT2D eigenvalue weighted by Gasteiger charge is -2.09. The highest BCUT2D eigenvalue weighted by atomic mass is 35.5. The van der Waals surface area contributed by atoms with Gasteiger partial charge in [-0.25, -0.2) is 13.4 Å². The van der Waals surface area contributed by atoms with Crippen LogP contribution < -0.4 is 10.2 Å². The van der Waals surface area contributed by atoms with Crippen LogP contribution in [0, 0.1) is 0 Å². The molecule has 0 aliphatic rings. The van der Waals surface area contributed by atoms with Crippen molar-refractivity contribution in [3.63, 3.8) is 0 Å². The summed E-state index contributed by atoms with van der Waals surface area (Å²) in [6, 6.07) is 11.6. The molecule has 27 heavy (non-hydrogen) atoms. The first-order chi connectivity index (χ1) is 12.8. The molecule has 0 bridgehead atoms. The monoisotopic (exact) mass is 420 g/mol.